The predicted molar refractivity (Wildman–Crippen MR) is 132 cm³/mol. The van der Waals surface area contributed by atoms with Crippen LogP contribution in [0, 0.1) is 28.6 Å². The molecule has 0 radical (unpaired) electrons. The summed E-state index contributed by atoms with van der Waals surface area (Å²) in [6.45, 7) is 4.45. The highest BCUT2D eigenvalue weighted by molar-refractivity contribution is 8.47. The second kappa shape index (κ2) is 8.82. The minimum Gasteiger partial charge on any atom is -0.481 e. The summed E-state index contributed by atoms with van der Waals surface area (Å²) < 4.78 is 0.430. The minimum absolute atomic E-state index is 0.0757. The average Bonchev–Trinajstić information content (AvgIpc) is 3.03. The first-order valence-corrected chi connectivity index (χ1v) is 13.9. The molecule has 5 nitrogen and oxygen atoms in total. The maximum Gasteiger partial charge on any atom is 0.313 e. The molecule has 0 amide bonds. The van der Waals surface area contributed by atoms with Crippen LogP contribution in [-0.2, 0) is 14.4 Å². The highest BCUT2D eigenvalue weighted by Gasteiger charge is 2.66. The Bertz CT molecular complexity index is 885. The van der Waals surface area contributed by atoms with E-state index in [1.807, 2.05) is 6.08 Å². The number of carboxylic acid groups (broad SMARTS) is 1. The van der Waals surface area contributed by atoms with Gasteiger partial charge in [0.25, 0.3) is 0 Å². The SMILES string of the molecule is C[C@]12CCC(=O)C=C1CC[C@H]1[C@H]2CC[C@@]2(C)[C@H]1CC[C@]2(O)C(=O)CSC(=S)SCC(=O)O. The number of thioether (sulfide) groups is 2. The van der Waals surface area contributed by atoms with Crippen molar-refractivity contribution in [1.82, 2.24) is 0 Å². The lowest BCUT2D eigenvalue weighted by molar-refractivity contribution is -0.159. The van der Waals surface area contributed by atoms with Crippen LogP contribution in [0.25, 0.3) is 0 Å². The average molecular weight is 497 g/mol. The Kier molecular flexibility index (Phi) is 6.73. The van der Waals surface area contributed by atoms with Crippen LogP contribution in [0.2, 0.25) is 0 Å². The molecule has 0 spiro atoms. The number of fused-ring (bicyclic) bond motifs is 5. The molecule has 0 unspecified atom stereocenters. The summed E-state index contributed by atoms with van der Waals surface area (Å²) >= 11 is 7.41. The van der Waals surface area contributed by atoms with E-state index in [-0.39, 0.29) is 28.5 Å². The lowest BCUT2D eigenvalue weighted by Gasteiger charge is -2.58. The Balaban J connectivity index is 1.48. The van der Waals surface area contributed by atoms with Crippen LogP contribution in [0.5, 0.6) is 0 Å². The smallest absolute Gasteiger partial charge is 0.313 e. The van der Waals surface area contributed by atoms with Gasteiger partial charge in [0, 0.05) is 11.8 Å². The van der Waals surface area contributed by atoms with Gasteiger partial charge in [0.1, 0.15) is 9.13 Å². The Hall–Kier alpha value is -0.700. The van der Waals surface area contributed by atoms with E-state index in [9.17, 15) is 19.5 Å². The Morgan fingerprint density at radius 3 is 2.47 bits per heavy atom. The van der Waals surface area contributed by atoms with Gasteiger partial charge in [0.2, 0.25) is 0 Å². The predicted octanol–water partition coefficient (Wildman–Crippen LogP) is 4.65. The van der Waals surface area contributed by atoms with Crippen LogP contribution >= 0.6 is 35.7 Å². The molecule has 0 aromatic heterocycles. The van der Waals surface area contributed by atoms with Crippen LogP contribution in [0.4, 0.5) is 0 Å². The largest absolute Gasteiger partial charge is 0.481 e. The number of rotatable bonds is 5. The number of carbonyl (C=O) groups is 3. The molecule has 4 aliphatic carbocycles. The van der Waals surface area contributed by atoms with Crippen molar-refractivity contribution in [2.24, 2.45) is 28.6 Å². The number of allylic oxidation sites excluding steroid dienone is 1. The molecule has 0 aromatic carbocycles. The van der Waals surface area contributed by atoms with Crippen LogP contribution in [0.3, 0.4) is 0 Å². The standard InChI is InChI=1S/C24H32O5S3/c1-22-8-5-15(25)11-14(22)3-4-16-17(22)6-9-23(2)18(16)7-10-24(23,29)19(26)12-31-21(30)32-13-20(27)28/h11,16-18,29H,3-10,12-13H2,1-2H3,(H,27,28)/t16-,17+,18-,22-,23-,24-/m0/s1. The van der Waals surface area contributed by atoms with Gasteiger partial charge >= 0.3 is 5.97 Å². The van der Waals surface area contributed by atoms with E-state index in [1.54, 1.807) is 0 Å². The number of ketones is 2. The first-order chi connectivity index (χ1) is 15.0. The van der Waals surface area contributed by atoms with E-state index in [1.165, 1.54) is 17.3 Å². The maximum atomic E-state index is 13.3. The zero-order valence-corrected chi connectivity index (χ0v) is 21.2. The molecule has 32 heavy (non-hydrogen) atoms. The second-order valence-corrected chi connectivity index (χ2v) is 13.6. The van der Waals surface area contributed by atoms with Crippen LogP contribution in [0.1, 0.15) is 65.2 Å². The van der Waals surface area contributed by atoms with E-state index in [0.717, 1.165) is 50.3 Å². The number of carboxylic acids is 1. The summed E-state index contributed by atoms with van der Waals surface area (Å²) in [5.74, 6) is 0.423. The molecule has 0 heterocycles. The van der Waals surface area contributed by atoms with Crippen molar-refractivity contribution in [2.75, 3.05) is 11.5 Å². The maximum absolute atomic E-state index is 13.3. The third-order valence-electron chi connectivity index (χ3n) is 9.21. The topological polar surface area (TPSA) is 91.7 Å². The van der Waals surface area contributed by atoms with Gasteiger partial charge in [-0.05, 0) is 74.2 Å². The molecule has 8 heteroatoms. The molecule has 0 saturated heterocycles. The van der Waals surface area contributed by atoms with Crippen LogP contribution in [0.15, 0.2) is 11.6 Å². The van der Waals surface area contributed by atoms with Crippen LogP contribution in [-0.4, -0.2) is 48.4 Å². The summed E-state index contributed by atoms with van der Waals surface area (Å²) in [6.07, 6.45) is 8.60. The number of Topliss-reactive ketones (excluding diaryl/α,β-unsaturated/α-hetero) is 1. The van der Waals surface area contributed by atoms with E-state index >= 15 is 0 Å². The highest BCUT2D eigenvalue weighted by Crippen LogP contribution is 2.67. The zero-order chi connectivity index (χ0) is 23.3. The monoisotopic (exact) mass is 496 g/mol. The van der Waals surface area contributed by atoms with Gasteiger partial charge in [-0.1, -0.05) is 55.2 Å². The van der Waals surface area contributed by atoms with E-state index in [4.69, 9.17) is 17.3 Å². The van der Waals surface area contributed by atoms with Crippen molar-refractivity contribution >= 4 is 56.8 Å². The van der Waals surface area contributed by atoms with E-state index < -0.39 is 17.0 Å². The number of carbonyl (C=O) groups excluding carboxylic acids is 2. The molecule has 2 N–H and O–H groups in total. The molecule has 4 aliphatic rings. The molecular formula is C24H32O5S3. The van der Waals surface area contributed by atoms with Gasteiger partial charge in [-0.15, -0.1) is 0 Å². The van der Waals surface area contributed by atoms with E-state index in [2.05, 4.69) is 13.8 Å². The fourth-order valence-corrected chi connectivity index (χ4v) is 9.21. The van der Waals surface area contributed by atoms with Crippen molar-refractivity contribution in [1.29, 1.82) is 0 Å². The van der Waals surface area contributed by atoms with Crippen molar-refractivity contribution in [3.63, 3.8) is 0 Å². The lowest BCUT2D eigenvalue weighted by Crippen LogP contribution is -2.58. The van der Waals surface area contributed by atoms with Gasteiger partial charge in [-0.3, -0.25) is 14.4 Å². The Morgan fingerprint density at radius 2 is 1.75 bits per heavy atom. The minimum atomic E-state index is -1.34. The molecule has 3 saturated carbocycles. The van der Waals surface area contributed by atoms with Crippen molar-refractivity contribution in [3.8, 4) is 0 Å². The van der Waals surface area contributed by atoms with Gasteiger partial charge < -0.3 is 10.2 Å². The summed E-state index contributed by atoms with van der Waals surface area (Å²) in [5.41, 5.74) is -0.384. The quantitative estimate of drug-likeness (QED) is 0.531. The summed E-state index contributed by atoms with van der Waals surface area (Å²) in [7, 11) is 0. The molecule has 0 bridgehead atoms. The third-order valence-corrected chi connectivity index (χ3v) is 11.9. The summed E-state index contributed by atoms with van der Waals surface area (Å²) in [6, 6.07) is 0. The van der Waals surface area contributed by atoms with Gasteiger partial charge in [-0.2, -0.15) is 0 Å². The molecular weight excluding hydrogens is 464 g/mol. The fourth-order valence-electron chi connectivity index (χ4n) is 7.44. The van der Waals surface area contributed by atoms with Crippen molar-refractivity contribution in [2.45, 2.75) is 70.8 Å². The van der Waals surface area contributed by atoms with Crippen molar-refractivity contribution < 1.29 is 24.6 Å². The Labute approximate surface area is 203 Å². The number of aliphatic carboxylic acids is 1. The van der Waals surface area contributed by atoms with E-state index in [0.29, 0.717) is 34.1 Å². The third kappa shape index (κ3) is 3.93. The van der Waals surface area contributed by atoms with Crippen molar-refractivity contribution in [3.05, 3.63) is 11.6 Å². The van der Waals surface area contributed by atoms with Gasteiger partial charge in [0.15, 0.2) is 11.6 Å². The normalized spacial score (nSPS) is 40.7. The first kappa shape index (κ1) is 24.4. The van der Waals surface area contributed by atoms with Crippen LogP contribution < -0.4 is 0 Å². The molecule has 0 aromatic rings. The number of hydrogen-bond acceptors (Lipinski definition) is 7. The molecule has 3 fully saturated rings. The summed E-state index contributed by atoms with van der Waals surface area (Å²) in [4.78, 5) is 36.0. The van der Waals surface area contributed by atoms with Gasteiger partial charge in [0.05, 0.1) is 11.5 Å². The Morgan fingerprint density at radius 1 is 1.06 bits per heavy atom. The summed E-state index contributed by atoms with van der Waals surface area (Å²) in [5, 5.41) is 20.5. The first-order valence-electron chi connectivity index (χ1n) is 11.5. The lowest BCUT2D eigenvalue weighted by atomic mass is 9.46. The van der Waals surface area contributed by atoms with Gasteiger partial charge in [-0.25, -0.2) is 0 Å². The number of hydrogen-bond donors (Lipinski definition) is 2. The fraction of sp³-hybridized carbons (Fsp3) is 0.750. The number of thiocarbonyl (C=S) groups is 1. The zero-order valence-electron chi connectivity index (χ0n) is 18.7. The highest BCUT2D eigenvalue weighted by atomic mass is 32.2. The molecule has 4 rings (SSSR count). The molecule has 0 aliphatic heterocycles. The molecule has 6 atom stereocenters. The molecule has 176 valence electrons. The second-order valence-electron chi connectivity index (χ2n) is 10.5. The number of aliphatic hydroxyl groups is 1.